The second kappa shape index (κ2) is 46.5. The summed E-state index contributed by atoms with van der Waals surface area (Å²) in [6, 6.07) is 0. The molecule has 2 aliphatic heterocycles. The highest BCUT2D eigenvalue weighted by atomic mass is 32.3. The molecule has 0 spiro atoms. The first-order chi connectivity index (χ1) is 37.8. The Balaban J connectivity index is 2.19. The molecule has 2 fully saturated rings. The molecule has 10 atom stereocenters. The van der Waals surface area contributed by atoms with Crippen molar-refractivity contribution in [2.24, 2.45) is 0 Å². The number of hydrogen-bond donors (Lipinski definition) is 5. The Kier molecular flexibility index (Phi) is 43.0. The predicted molar refractivity (Wildman–Crippen MR) is 302 cm³/mol. The molecule has 0 aromatic rings. The lowest BCUT2D eigenvalue weighted by atomic mass is 9.97. The molecule has 0 unspecified atom stereocenters. The standard InChI is InChI=1S/C60H112O17S/c1-4-7-10-13-16-19-22-25-28-31-34-37-40-43-50(62)71-47-49-54(66)56(74-51(63)44-41-38-35-32-29-26-23-20-17-14-11-8-5-2)58(75-52(64)45-42-39-36-33-30-27-24-21-18-15-12-9-6-3)60(73-49)76-59-57(77-78(68,69)70)55(67)53(65)48(46-61)72-59/h48-49,53-61,65-67H,4-47H2,1-3H3,(H,68,69,70)/t48-,49-,53-,54-,55+,56+,57-,58-,59-,60-/m1/s1. The lowest BCUT2D eigenvalue weighted by Crippen LogP contribution is -2.65. The average molecular weight is 1140 g/mol. The van der Waals surface area contributed by atoms with Gasteiger partial charge in [-0.2, -0.15) is 8.42 Å². The van der Waals surface area contributed by atoms with E-state index in [1.165, 1.54) is 148 Å². The molecule has 18 heteroatoms. The first-order valence-electron chi connectivity index (χ1n) is 31.6. The van der Waals surface area contributed by atoms with Crippen molar-refractivity contribution in [2.75, 3.05) is 13.2 Å². The predicted octanol–water partition coefficient (Wildman–Crippen LogP) is 12.5. The lowest BCUT2D eigenvalue weighted by Gasteiger charge is -2.46. The van der Waals surface area contributed by atoms with Crippen LogP contribution in [0.2, 0.25) is 0 Å². The van der Waals surface area contributed by atoms with Crippen molar-refractivity contribution >= 4 is 28.3 Å². The van der Waals surface area contributed by atoms with Crippen molar-refractivity contribution in [2.45, 2.75) is 352 Å². The quantitative estimate of drug-likeness (QED) is 0.0164. The summed E-state index contributed by atoms with van der Waals surface area (Å²) in [7, 11) is -5.34. The Labute approximate surface area is 472 Å². The second-order valence-electron chi connectivity index (χ2n) is 22.4. The minimum atomic E-state index is -5.34. The number of rotatable bonds is 51. The molecule has 5 N–H and O–H groups in total. The van der Waals surface area contributed by atoms with Crippen LogP contribution < -0.4 is 0 Å². The lowest BCUT2D eigenvalue weighted by molar-refractivity contribution is -0.374. The molecule has 0 aliphatic carbocycles. The third-order valence-electron chi connectivity index (χ3n) is 15.3. The zero-order valence-corrected chi connectivity index (χ0v) is 49.7. The maximum atomic E-state index is 13.7. The minimum absolute atomic E-state index is 0.0238. The van der Waals surface area contributed by atoms with E-state index in [1.807, 2.05) is 0 Å². The van der Waals surface area contributed by atoms with Crippen molar-refractivity contribution in [1.82, 2.24) is 0 Å². The van der Waals surface area contributed by atoms with Gasteiger partial charge in [-0.25, -0.2) is 4.18 Å². The molecule has 0 aromatic heterocycles. The van der Waals surface area contributed by atoms with Crippen LogP contribution in [0, 0.1) is 0 Å². The first-order valence-corrected chi connectivity index (χ1v) is 32.9. The van der Waals surface area contributed by atoms with Crippen molar-refractivity contribution in [3.05, 3.63) is 0 Å². The van der Waals surface area contributed by atoms with Crippen molar-refractivity contribution in [3.8, 4) is 0 Å². The van der Waals surface area contributed by atoms with Gasteiger partial charge in [0.05, 0.1) is 6.61 Å². The Morgan fingerprint density at radius 2 is 0.705 bits per heavy atom. The third kappa shape index (κ3) is 34.4. The van der Waals surface area contributed by atoms with E-state index in [-0.39, 0.29) is 19.3 Å². The normalized spacial score (nSPS) is 23.6. The molecular weight excluding hydrogens is 1020 g/mol. The number of carbonyl (C=O) groups is 3. The van der Waals surface area contributed by atoms with Crippen LogP contribution in [0.5, 0.6) is 0 Å². The maximum Gasteiger partial charge on any atom is 0.397 e. The molecule has 0 aromatic carbocycles. The summed E-state index contributed by atoms with van der Waals surface area (Å²) in [5.41, 5.74) is 0. The van der Waals surface area contributed by atoms with Gasteiger partial charge in [0.2, 0.25) is 6.29 Å². The molecule has 0 amide bonds. The fourth-order valence-corrected chi connectivity index (χ4v) is 11.0. The van der Waals surface area contributed by atoms with E-state index in [1.54, 1.807) is 0 Å². The maximum absolute atomic E-state index is 13.7. The molecule has 17 nitrogen and oxygen atoms in total. The van der Waals surface area contributed by atoms with Gasteiger partial charge in [-0.3, -0.25) is 18.9 Å². The fraction of sp³-hybridized carbons (Fsp3) is 0.950. The van der Waals surface area contributed by atoms with Gasteiger partial charge in [0.15, 0.2) is 24.6 Å². The van der Waals surface area contributed by atoms with E-state index >= 15 is 0 Å². The van der Waals surface area contributed by atoms with Gasteiger partial charge in [-0.15, -0.1) is 0 Å². The Bertz CT molecular complexity index is 1590. The monoisotopic (exact) mass is 1140 g/mol. The summed E-state index contributed by atoms with van der Waals surface area (Å²) in [5, 5.41) is 43.5. The smallest absolute Gasteiger partial charge is 0.397 e. The largest absolute Gasteiger partial charge is 0.463 e. The number of esters is 3. The van der Waals surface area contributed by atoms with Crippen molar-refractivity contribution < 1.29 is 80.4 Å². The topological polar surface area (TPSA) is 251 Å². The second-order valence-corrected chi connectivity index (χ2v) is 23.5. The fourth-order valence-electron chi connectivity index (χ4n) is 10.5. The first kappa shape index (κ1) is 72.1. The van der Waals surface area contributed by atoms with Crippen LogP contribution in [0.1, 0.15) is 290 Å². The van der Waals surface area contributed by atoms with Crippen LogP contribution in [-0.2, 0) is 57.4 Å². The molecule has 0 radical (unpaired) electrons. The highest BCUT2D eigenvalue weighted by molar-refractivity contribution is 7.80. The van der Waals surface area contributed by atoms with Gasteiger partial charge in [0, 0.05) is 19.3 Å². The van der Waals surface area contributed by atoms with Gasteiger partial charge in [0.25, 0.3) is 0 Å². The van der Waals surface area contributed by atoms with E-state index in [0.29, 0.717) is 19.3 Å². The number of ether oxygens (including phenoxy) is 6. The summed E-state index contributed by atoms with van der Waals surface area (Å²) in [6.07, 6.45) is 25.1. The summed E-state index contributed by atoms with van der Waals surface area (Å²) in [4.78, 5) is 40.5. The van der Waals surface area contributed by atoms with Gasteiger partial charge in [-0.05, 0) is 19.3 Å². The molecule has 0 bridgehead atoms. The van der Waals surface area contributed by atoms with E-state index in [9.17, 15) is 47.8 Å². The van der Waals surface area contributed by atoms with Gasteiger partial charge in [-0.1, -0.05) is 252 Å². The minimum Gasteiger partial charge on any atom is -0.463 e. The molecule has 460 valence electrons. The number of carbonyl (C=O) groups excluding carboxylic acids is 3. The van der Waals surface area contributed by atoms with Gasteiger partial charge >= 0.3 is 28.3 Å². The summed E-state index contributed by atoms with van der Waals surface area (Å²) >= 11 is 0. The zero-order valence-electron chi connectivity index (χ0n) is 48.9. The van der Waals surface area contributed by atoms with Crippen molar-refractivity contribution in [3.63, 3.8) is 0 Å². The molecule has 2 heterocycles. The van der Waals surface area contributed by atoms with Crippen molar-refractivity contribution in [1.29, 1.82) is 0 Å². The third-order valence-corrected chi connectivity index (χ3v) is 15.8. The average Bonchev–Trinajstić information content (AvgIpc) is 3.48. The summed E-state index contributed by atoms with van der Waals surface area (Å²) in [5.74, 6) is -2.01. The Morgan fingerprint density at radius 1 is 0.397 bits per heavy atom. The SMILES string of the molecule is CCCCCCCCCCCCCCCC(=O)OC[C@H]1O[C@H](O[C@H]2O[C@H](CO)[C@@H](O)[C@H](O)[C@H]2OS(=O)(=O)O)[C@H](OC(=O)CCCCCCCCCCCCCCC)[C@@H](OC(=O)CCCCCCCCCCCCCCC)[C@@H]1O. The van der Waals surface area contributed by atoms with Crippen LogP contribution in [0.3, 0.4) is 0 Å². The van der Waals surface area contributed by atoms with E-state index < -0.39 is 103 Å². The molecular formula is C60H112O17S. The van der Waals surface area contributed by atoms with Gasteiger partial charge in [0.1, 0.15) is 37.1 Å². The summed E-state index contributed by atoms with van der Waals surface area (Å²) < 4.78 is 73.7. The van der Waals surface area contributed by atoms with E-state index in [0.717, 1.165) is 83.5 Å². The van der Waals surface area contributed by atoms with E-state index in [4.69, 9.17) is 32.6 Å². The van der Waals surface area contributed by atoms with Crippen LogP contribution in [-0.4, -0.2) is 126 Å². The number of aliphatic hydroxyl groups excluding tert-OH is 4. The summed E-state index contributed by atoms with van der Waals surface area (Å²) in [6.45, 7) is 5.23. The van der Waals surface area contributed by atoms with Crippen LogP contribution >= 0.6 is 0 Å². The zero-order chi connectivity index (χ0) is 57.1. The molecule has 0 saturated carbocycles. The Hall–Kier alpha value is -2.00. The van der Waals surface area contributed by atoms with Crippen LogP contribution in [0.15, 0.2) is 0 Å². The van der Waals surface area contributed by atoms with Crippen LogP contribution in [0.4, 0.5) is 0 Å². The highest BCUT2D eigenvalue weighted by Gasteiger charge is 2.55. The number of aliphatic hydroxyl groups is 4. The number of unbranched alkanes of at least 4 members (excludes halogenated alkanes) is 36. The number of hydrogen-bond acceptors (Lipinski definition) is 16. The van der Waals surface area contributed by atoms with Gasteiger partial charge < -0.3 is 48.8 Å². The highest BCUT2D eigenvalue weighted by Crippen LogP contribution is 2.33. The Morgan fingerprint density at radius 3 is 1.05 bits per heavy atom. The van der Waals surface area contributed by atoms with E-state index in [2.05, 4.69) is 20.8 Å². The molecule has 78 heavy (non-hydrogen) atoms. The molecule has 2 rings (SSSR count). The van der Waals surface area contributed by atoms with Crippen LogP contribution in [0.25, 0.3) is 0 Å². The molecule has 2 aliphatic rings. The molecule has 2 saturated heterocycles.